The standard InChI is InChI=1S/C18H24N2O.ClH/c21-18(17-11-14-6-3-4-8-16(14)19-17)20-10-9-13-5-1-2-7-15(13)12-20;/h1-2,5,7,14,16-17,19H,3-4,6,8-12H2;1H. The van der Waals surface area contributed by atoms with Gasteiger partial charge in [-0.05, 0) is 42.7 Å². The second kappa shape index (κ2) is 6.59. The van der Waals surface area contributed by atoms with Gasteiger partial charge in [-0.25, -0.2) is 0 Å². The summed E-state index contributed by atoms with van der Waals surface area (Å²) >= 11 is 0. The summed E-state index contributed by atoms with van der Waals surface area (Å²) in [7, 11) is 0. The highest BCUT2D eigenvalue weighted by Crippen LogP contribution is 2.34. The number of amides is 1. The number of carbonyl (C=O) groups is 1. The number of nitrogens with zero attached hydrogens (tertiary/aromatic N) is 1. The van der Waals surface area contributed by atoms with Gasteiger partial charge in [-0.3, -0.25) is 4.79 Å². The van der Waals surface area contributed by atoms with Crippen LogP contribution in [0.4, 0.5) is 0 Å². The van der Waals surface area contributed by atoms with Crippen molar-refractivity contribution in [3.8, 4) is 0 Å². The van der Waals surface area contributed by atoms with Gasteiger partial charge in [0.05, 0.1) is 6.04 Å². The quantitative estimate of drug-likeness (QED) is 0.863. The molecule has 3 nitrogen and oxygen atoms in total. The molecule has 2 fully saturated rings. The van der Waals surface area contributed by atoms with Crippen LogP contribution in [0.2, 0.25) is 0 Å². The van der Waals surface area contributed by atoms with E-state index in [1.807, 2.05) is 0 Å². The van der Waals surface area contributed by atoms with Crippen LogP contribution in [-0.2, 0) is 17.8 Å². The first-order valence-corrected chi connectivity index (χ1v) is 8.43. The molecule has 2 aliphatic heterocycles. The van der Waals surface area contributed by atoms with Gasteiger partial charge < -0.3 is 10.2 Å². The van der Waals surface area contributed by atoms with Crippen LogP contribution in [-0.4, -0.2) is 29.4 Å². The number of fused-ring (bicyclic) bond motifs is 2. The Morgan fingerprint density at radius 3 is 2.73 bits per heavy atom. The predicted octanol–water partition coefficient (Wildman–Crippen LogP) is 2.91. The van der Waals surface area contributed by atoms with E-state index in [9.17, 15) is 4.79 Å². The predicted molar refractivity (Wildman–Crippen MR) is 90.1 cm³/mol. The molecule has 0 radical (unpaired) electrons. The molecule has 1 aliphatic carbocycles. The zero-order chi connectivity index (χ0) is 14.2. The third kappa shape index (κ3) is 2.89. The molecule has 3 atom stereocenters. The highest BCUT2D eigenvalue weighted by Gasteiger charge is 2.40. The van der Waals surface area contributed by atoms with Crippen molar-refractivity contribution in [2.45, 2.75) is 57.2 Å². The minimum atomic E-state index is 0. The van der Waals surface area contributed by atoms with E-state index in [2.05, 4.69) is 34.5 Å². The number of carbonyl (C=O) groups excluding carboxylic acids is 1. The normalized spacial score (nSPS) is 30.2. The summed E-state index contributed by atoms with van der Waals surface area (Å²) in [5.74, 6) is 1.07. The Morgan fingerprint density at radius 2 is 1.91 bits per heavy atom. The molecule has 1 N–H and O–H groups in total. The van der Waals surface area contributed by atoms with Gasteiger partial charge in [-0.1, -0.05) is 37.1 Å². The Balaban J connectivity index is 0.00000144. The maximum Gasteiger partial charge on any atom is 0.240 e. The lowest BCUT2D eigenvalue weighted by atomic mass is 9.85. The highest BCUT2D eigenvalue weighted by molar-refractivity contribution is 5.85. The van der Waals surface area contributed by atoms with Crippen LogP contribution < -0.4 is 5.32 Å². The fourth-order valence-electron chi connectivity index (χ4n) is 4.41. The van der Waals surface area contributed by atoms with Crippen LogP contribution in [0.25, 0.3) is 0 Å². The fraction of sp³-hybridized carbons (Fsp3) is 0.611. The first-order chi connectivity index (χ1) is 10.3. The average Bonchev–Trinajstić information content (AvgIpc) is 2.97. The number of benzene rings is 1. The largest absolute Gasteiger partial charge is 0.337 e. The van der Waals surface area contributed by atoms with E-state index in [-0.39, 0.29) is 18.4 Å². The molecule has 3 aliphatic rings. The Hall–Kier alpha value is -1.06. The number of halogens is 1. The van der Waals surface area contributed by atoms with E-state index in [4.69, 9.17) is 0 Å². The molecule has 2 heterocycles. The Morgan fingerprint density at radius 1 is 1.14 bits per heavy atom. The van der Waals surface area contributed by atoms with Gasteiger partial charge in [-0.15, -0.1) is 12.4 Å². The summed E-state index contributed by atoms with van der Waals surface area (Å²) in [5, 5.41) is 3.62. The highest BCUT2D eigenvalue weighted by atomic mass is 35.5. The van der Waals surface area contributed by atoms with E-state index in [0.717, 1.165) is 31.8 Å². The third-order valence-electron chi connectivity index (χ3n) is 5.60. The van der Waals surface area contributed by atoms with Gasteiger partial charge in [0, 0.05) is 19.1 Å². The van der Waals surface area contributed by atoms with E-state index >= 15 is 0 Å². The summed E-state index contributed by atoms with van der Waals surface area (Å²) < 4.78 is 0. The number of hydrogen-bond acceptors (Lipinski definition) is 2. The Bertz CT molecular complexity index is 534. The molecule has 1 saturated heterocycles. The lowest BCUT2D eigenvalue weighted by molar-refractivity contribution is -0.134. The molecule has 3 unspecified atom stereocenters. The average molecular weight is 321 g/mol. The Labute approximate surface area is 138 Å². The van der Waals surface area contributed by atoms with Crippen molar-refractivity contribution in [3.63, 3.8) is 0 Å². The van der Waals surface area contributed by atoms with Gasteiger partial charge in [0.2, 0.25) is 5.91 Å². The maximum absolute atomic E-state index is 12.8. The van der Waals surface area contributed by atoms with Crippen LogP contribution in [0.15, 0.2) is 24.3 Å². The van der Waals surface area contributed by atoms with Crippen LogP contribution in [0.5, 0.6) is 0 Å². The zero-order valence-electron chi connectivity index (χ0n) is 13.0. The first-order valence-electron chi connectivity index (χ1n) is 8.43. The molecule has 4 rings (SSSR count). The van der Waals surface area contributed by atoms with Crippen LogP contribution in [0, 0.1) is 5.92 Å². The van der Waals surface area contributed by atoms with Crippen LogP contribution >= 0.6 is 12.4 Å². The molecule has 0 bridgehead atoms. The van der Waals surface area contributed by atoms with Crippen molar-refractivity contribution >= 4 is 18.3 Å². The SMILES string of the molecule is Cl.O=C(C1CC2CCCCC2N1)N1CCc2ccccc2C1. The molecular weight excluding hydrogens is 296 g/mol. The lowest BCUT2D eigenvalue weighted by Crippen LogP contribution is -2.47. The molecule has 22 heavy (non-hydrogen) atoms. The van der Waals surface area contributed by atoms with Gasteiger partial charge in [0.1, 0.15) is 0 Å². The molecule has 0 spiro atoms. The van der Waals surface area contributed by atoms with Crippen LogP contribution in [0.3, 0.4) is 0 Å². The van der Waals surface area contributed by atoms with Crippen molar-refractivity contribution < 1.29 is 4.79 Å². The molecule has 1 amide bonds. The third-order valence-corrected chi connectivity index (χ3v) is 5.60. The van der Waals surface area contributed by atoms with Gasteiger partial charge in [-0.2, -0.15) is 0 Å². The molecule has 4 heteroatoms. The molecule has 0 aromatic heterocycles. The van der Waals surface area contributed by atoms with Crippen molar-refractivity contribution in [2.24, 2.45) is 5.92 Å². The topological polar surface area (TPSA) is 32.3 Å². The summed E-state index contributed by atoms with van der Waals surface area (Å²) in [6, 6.07) is 9.21. The number of hydrogen-bond donors (Lipinski definition) is 1. The number of nitrogens with one attached hydrogen (secondary N) is 1. The van der Waals surface area contributed by atoms with Crippen LogP contribution in [0.1, 0.15) is 43.2 Å². The monoisotopic (exact) mass is 320 g/mol. The summed E-state index contributed by atoms with van der Waals surface area (Å²) in [6.07, 6.45) is 7.30. The van der Waals surface area contributed by atoms with E-state index in [1.165, 1.54) is 36.8 Å². The van der Waals surface area contributed by atoms with E-state index in [0.29, 0.717) is 11.9 Å². The molecular formula is C18H25ClN2O. The van der Waals surface area contributed by atoms with Gasteiger partial charge >= 0.3 is 0 Å². The molecule has 1 saturated carbocycles. The van der Waals surface area contributed by atoms with E-state index < -0.39 is 0 Å². The Kier molecular flexibility index (Phi) is 4.74. The van der Waals surface area contributed by atoms with Gasteiger partial charge in [0.15, 0.2) is 0 Å². The van der Waals surface area contributed by atoms with E-state index in [1.54, 1.807) is 0 Å². The number of rotatable bonds is 1. The molecule has 120 valence electrons. The fourth-order valence-corrected chi connectivity index (χ4v) is 4.41. The summed E-state index contributed by atoms with van der Waals surface area (Å²) in [5.41, 5.74) is 2.74. The first kappa shape index (κ1) is 15.8. The smallest absolute Gasteiger partial charge is 0.240 e. The maximum atomic E-state index is 12.8. The minimum Gasteiger partial charge on any atom is -0.337 e. The summed E-state index contributed by atoms with van der Waals surface area (Å²) in [4.78, 5) is 14.9. The lowest BCUT2D eigenvalue weighted by Gasteiger charge is -2.31. The summed E-state index contributed by atoms with van der Waals surface area (Å²) in [6.45, 7) is 1.67. The second-order valence-electron chi connectivity index (χ2n) is 6.88. The van der Waals surface area contributed by atoms with Crippen molar-refractivity contribution in [1.82, 2.24) is 10.2 Å². The molecule has 1 aromatic rings. The minimum absolute atomic E-state index is 0. The van der Waals surface area contributed by atoms with Gasteiger partial charge in [0.25, 0.3) is 0 Å². The van der Waals surface area contributed by atoms with Crippen molar-refractivity contribution in [2.75, 3.05) is 6.54 Å². The van der Waals surface area contributed by atoms with Crippen molar-refractivity contribution in [1.29, 1.82) is 0 Å². The van der Waals surface area contributed by atoms with Crippen molar-refractivity contribution in [3.05, 3.63) is 35.4 Å². The second-order valence-corrected chi connectivity index (χ2v) is 6.88. The zero-order valence-corrected chi connectivity index (χ0v) is 13.8. The molecule has 1 aromatic carbocycles.